The Hall–Kier alpha value is -1.59. The molecule has 1 unspecified atom stereocenters. The van der Waals surface area contributed by atoms with E-state index in [4.69, 9.17) is 17.3 Å². The molecule has 102 valence electrons. The number of benzene rings is 1. The Morgan fingerprint density at radius 2 is 2.26 bits per heavy atom. The van der Waals surface area contributed by atoms with Crippen molar-refractivity contribution in [1.29, 1.82) is 0 Å². The van der Waals surface area contributed by atoms with Gasteiger partial charge in [0.2, 0.25) is 0 Å². The van der Waals surface area contributed by atoms with Gasteiger partial charge in [-0.05, 0) is 31.0 Å². The monoisotopic (exact) mass is 280 g/mol. The maximum Gasteiger partial charge on any atom is 0.347 e. The number of hydrogen-bond acceptors (Lipinski definition) is 3. The third-order valence-electron chi connectivity index (χ3n) is 3.04. The molecule has 6 heteroatoms. The van der Waals surface area contributed by atoms with Crippen molar-refractivity contribution in [3.8, 4) is 5.69 Å². The molecule has 0 spiro atoms. The van der Waals surface area contributed by atoms with Crippen LogP contribution in [0.5, 0.6) is 0 Å². The van der Waals surface area contributed by atoms with Crippen LogP contribution < -0.4 is 11.4 Å². The van der Waals surface area contributed by atoms with E-state index in [1.165, 1.54) is 4.57 Å². The van der Waals surface area contributed by atoms with Crippen molar-refractivity contribution in [1.82, 2.24) is 14.8 Å². The zero-order valence-corrected chi connectivity index (χ0v) is 11.7. The lowest BCUT2D eigenvalue weighted by Crippen LogP contribution is -2.22. The number of H-pyrrole nitrogens is 1. The number of aromatic nitrogens is 3. The number of aromatic amines is 1. The van der Waals surface area contributed by atoms with Crippen LogP contribution in [0.3, 0.4) is 0 Å². The molecular weight excluding hydrogens is 264 g/mol. The molecule has 0 aliphatic heterocycles. The van der Waals surface area contributed by atoms with Gasteiger partial charge in [-0.1, -0.05) is 31.0 Å². The minimum atomic E-state index is -0.304. The molecular formula is C13H17ClN4O. The highest BCUT2D eigenvalue weighted by Crippen LogP contribution is 2.21. The maximum absolute atomic E-state index is 11.9. The van der Waals surface area contributed by atoms with Gasteiger partial charge in [-0.15, -0.1) is 0 Å². The number of aryl methyl sites for hydroxylation is 1. The van der Waals surface area contributed by atoms with Gasteiger partial charge in [0.05, 0.1) is 11.7 Å². The van der Waals surface area contributed by atoms with Crippen LogP contribution in [0.4, 0.5) is 0 Å². The molecule has 3 N–H and O–H groups in total. The van der Waals surface area contributed by atoms with E-state index in [2.05, 4.69) is 10.2 Å². The molecule has 0 bridgehead atoms. The lowest BCUT2D eigenvalue weighted by atomic mass is 10.1. The molecule has 0 fully saturated rings. The summed E-state index contributed by atoms with van der Waals surface area (Å²) in [6.45, 7) is 3.95. The molecule has 19 heavy (non-hydrogen) atoms. The largest absolute Gasteiger partial charge is 0.347 e. The summed E-state index contributed by atoms with van der Waals surface area (Å²) in [4.78, 5) is 11.9. The third-order valence-corrected chi connectivity index (χ3v) is 3.45. The van der Waals surface area contributed by atoms with E-state index in [0.717, 1.165) is 18.4 Å². The molecule has 0 amide bonds. The van der Waals surface area contributed by atoms with E-state index < -0.39 is 0 Å². The van der Waals surface area contributed by atoms with Crippen molar-refractivity contribution >= 4 is 11.6 Å². The Balaban J connectivity index is 2.52. The molecule has 2 aromatic rings. The van der Waals surface area contributed by atoms with E-state index in [0.29, 0.717) is 16.5 Å². The van der Waals surface area contributed by atoms with E-state index in [-0.39, 0.29) is 11.7 Å². The minimum absolute atomic E-state index is 0.274. The first-order valence-corrected chi connectivity index (χ1v) is 6.61. The average molecular weight is 281 g/mol. The van der Waals surface area contributed by atoms with Crippen LogP contribution in [0.25, 0.3) is 5.69 Å². The second kappa shape index (κ2) is 5.59. The zero-order chi connectivity index (χ0) is 14.0. The fourth-order valence-electron chi connectivity index (χ4n) is 1.97. The molecule has 2 rings (SSSR count). The average Bonchev–Trinajstić information content (AvgIpc) is 2.75. The van der Waals surface area contributed by atoms with Crippen LogP contribution in [-0.2, 0) is 0 Å². The highest BCUT2D eigenvalue weighted by atomic mass is 35.5. The molecule has 0 aliphatic rings. The van der Waals surface area contributed by atoms with Gasteiger partial charge in [-0.3, -0.25) is 0 Å². The number of halogens is 1. The van der Waals surface area contributed by atoms with Crippen molar-refractivity contribution in [2.75, 3.05) is 0 Å². The smallest absolute Gasteiger partial charge is 0.321 e. The number of hydrogen-bond donors (Lipinski definition) is 2. The normalized spacial score (nSPS) is 12.6. The Labute approximate surface area is 116 Å². The van der Waals surface area contributed by atoms with E-state index in [9.17, 15) is 4.79 Å². The first-order chi connectivity index (χ1) is 9.04. The highest BCUT2D eigenvalue weighted by molar-refractivity contribution is 6.31. The molecule has 0 aliphatic carbocycles. The lowest BCUT2D eigenvalue weighted by molar-refractivity contribution is 0.589. The van der Waals surface area contributed by atoms with E-state index >= 15 is 0 Å². The third kappa shape index (κ3) is 2.72. The minimum Gasteiger partial charge on any atom is -0.321 e. The van der Waals surface area contributed by atoms with Gasteiger partial charge in [0.15, 0.2) is 5.82 Å². The summed E-state index contributed by atoms with van der Waals surface area (Å²) in [6.07, 6.45) is 1.70. The fraction of sp³-hybridized carbons (Fsp3) is 0.385. The predicted molar refractivity (Wildman–Crippen MR) is 75.8 cm³/mol. The summed E-state index contributed by atoms with van der Waals surface area (Å²) < 4.78 is 1.48. The molecule has 0 saturated carbocycles. The van der Waals surface area contributed by atoms with Gasteiger partial charge in [0.1, 0.15) is 0 Å². The fourth-order valence-corrected chi connectivity index (χ4v) is 2.14. The summed E-state index contributed by atoms with van der Waals surface area (Å²) in [6, 6.07) is 5.17. The van der Waals surface area contributed by atoms with Crippen molar-refractivity contribution in [2.45, 2.75) is 32.7 Å². The number of nitrogens with two attached hydrogens (primary N) is 1. The molecule has 1 aromatic carbocycles. The van der Waals surface area contributed by atoms with E-state index in [1.807, 2.05) is 26.0 Å². The van der Waals surface area contributed by atoms with Crippen LogP contribution in [0.2, 0.25) is 5.02 Å². The highest BCUT2D eigenvalue weighted by Gasteiger charge is 2.17. The van der Waals surface area contributed by atoms with Crippen LogP contribution in [-0.4, -0.2) is 14.8 Å². The summed E-state index contributed by atoms with van der Waals surface area (Å²) >= 11 is 6.10. The summed E-state index contributed by atoms with van der Waals surface area (Å²) in [5.41, 5.74) is 7.38. The molecule has 5 nitrogen and oxygen atoms in total. The Bertz CT molecular complexity index is 632. The SMILES string of the molecule is CCCC(N)c1n[nH]c(=O)n1-c1ccc(C)c(Cl)c1. The van der Waals surface area contributed by atoms with Crippen LogP contribution in [0.1, 0.15) is 37.2 Å². The quantitative estimate of drug-likeness (QED) is 0.902. The molecule has 0 saturated heterocycles. The van der Waals surface area contributed by atoms with Crippen LogP contribution in [0, 0.1) is 6.92 Å². The number of nitrogens with zero attached hydrogens (tertiary/aromatic N) is 2. The van der Waals surface area contributed by atoms with Gasteiger partial charge in [-0.2, -0.15) is 5.10 Å². The standard InChI is InChI=1S/C13H17ClN4O/c1-3-4-11(15)12-16-17-13(19)18(12)9-6-5-8(2)10(14)7-9/h5-7,11H,3-4,15H2,1-2H3,(H,17,19). The zero-order valence-electron chi connectivity index (χ0n) is 11.0. The van der Waals surface area contributed by atoms with Crippen LogP contribution in [0.15, 0.2) is 23.0 Å². The van der Waals surface area contributed by atoms with E-state index in [1.54, 1.807) is 6.07 Å². The molecule has 1 aromatic heterocycles. The second-order valence-corrected chi connectivity index (χ2v) is 4.96. The summed E-state index contributed by atoms with van der Waals surface area (Å²) in [7, 11) is 0. The van der Waals surface area contributed by atoms with Crippen molar-refractivity contribution in [2.24, 2.45) is 5.73 Å². The Morgan fingerprint density at radius 3 is 2.89 bits per heavy atom. The van der Waals surface area contributed by atoms with Crippen LogP contribution >= 0.6 is 11.6 Å². The van der Waals surface area contributed by atoms with Gasteiger partial charge in [0.25, 0.3) is 0 Å². The first-order valence-electron chi connectivity index (χ1n) is 6.24. The first kappa shape index (κ1) is 13.8. The maximum atomic E-state index is 11.9. The van der Waals surface area contributed by atoms with Crippen molar-refractivity contribution in [3.63, 3.8) is 0 Å². The second-order valence-electron chi connectivity index (χ2n) is 4.55. The predicted octanol–water partition coefficient (Wildman–Crippen LogP) is 2.32. The van der Waals surface area contributed by atoms with Gasteiger partial charge < -0.3 is 5.73 Å². The Morgan fingerprint density at radius 1 is 1.53 bits per heavy atom. The molecule has 1 heterocycles. The molecule has 1 atom stereocenters. The van der Waals surface area contributed by atoms with Gasteiger partial charge in [-0.25, -0.2) is 14.5 Å². The van der Waals surface area contributed by atoms with Gasteiger partial charge >= 0.3 is 5.69 Å². The Kier molecular flexibility index (Phi) is 4.07. The van der Waals surface area contributed by atoms with Crippen molar-refractivity contribution in [3.05, 3.63) is 45.1 Å². The van der Waals surface area contributed by atoms with Gasteiger partial charge in [0, 0.05) is 5.02 Å². The number of nitrogens with one attached hydrogen (secondary N) is 1. The summed E-state index contributed by atoms with van der Waals surface area (Å²) in [5.74, 6) is 0.534. The lowest BCUT2D eigenvalue weighted by Gasteiger charge is -2.12. The number of rotatable bonds is 4. The molecule has 0 radical (unpaired) electrons. The van der Waals surface area contributed by atoms with Crippen molar-refractivity contribution < 1.29 is 0 Å². The topological polar surface area (TPSA) is 76.7 Å². The summed E-state index contributed by atoms with van der Waals surface area (Å²) in [5, 5.41) is 7.08.